The van der Waals surface area contributed by atoms with Crippen LogP contribution in [0.2, 0.25) is 0 Å². The quantitative estimate of drug-likeness (QED) is 0.128. The molecule has 0 saturated carbocycles. The summed E-state index contributed by atoms with van der Waals surface area (Å²) in [4.78, 5) is 38.8. The highest BCUT2D eigenvalue weighted by Crippen LogP contribution is 2.43. The largest absolute Gasteiger partial charge is 0.459 e. The van der Waals surface area contributed by atoms with Crippen LogP contribution in [0.1, 0.15) is 54.9 Å². The van der Waals surface area contributed by atoms with Crippen LogP contribution < -0.4 is 10.6 Å². The number of amides is 2. The molecule has 0 aliphatic carbocycles. The molecule has 3 aromatic rings. The molecule has 244 valence electrons. The number of aromatic nitrogens is 2. The fourth-order valence-corrected chi connectivity index (χ4v) is 5.41. The Morgan fingerprint density at radius 3 is 2.18 bits per heavy atom. The number of hydrogen-bond donors (Lipinski definition) is 2. The first kappa shape index (κ1) is 35.9. The summed E-state index contributed by atoms with van der Waals surface area (Å²) in [5, 5.41) is 8.51. The minimum Gasteiger partial charge on any atom is -0.349 e. The molecule has 2 aromatic carbocycles. The lowest BCUT2D eigenvalue weighted by Gasteiger charge is -2.18. The molecule has 45 heavy (non-hydrogen) atoms. The van der Waals surface area contributed by atoms with E-state index in [0.29, 0.717) is 16.2 Å². The molecule has 1 aromatic heterocycles. The molecule has 0 spiro atoms. The smallest absolute Gasteiger partial charge is 0.349 e. The van der Waals surface area contributed by atoms with Gasteiger partial charge in [-0.2, -0.15) is 52.0 Å². The van der Waals surface area contributed by atoms with E-state index >= 15 is 0 Å². The Morgan fingerprint density at radius 1 is 0.956 bits per heavy atom. The lowest BCUT2D eigenvalue weighted by molar-refractivity contribution is -0.291. The second-order valence-electron chi connectivity index (χ2n) is 9.79. The maximum absolute atomic E-state index is 13.9. The first-order valence-corrected chi connectivity index (χ1v) is 15.5. The van der Waals surface area contributed by atoms with Crippen molar-refractivity contribution in [3.63, 3.8) is 0 Å². The molecule has 3 rings (SSSR count). The zero-order valence-corrected chi connectivity index (χ0v) is 25.6. The summed E-state index contributed by atoms with van der Waals surface area (Å²) in [6, 6.07) is 8.20. The summed E-state index contributed by atoms with van der Waals surface area (Å²) < 4.78 is 106. The Bertz CT molecular complexity index is 1590. The Labute approximate surface area is 260 Å². The van der Waals surface area contributed by atoms with E-state index in [2.05, 4.69) is 15.7 Å². The van der Waals surface area contributed by atoms with E-state index in [1.54, 1.807) is 18.4 Å². The monoisotopic (exact) mass is 682 g/mol. The van der Waals surface area contributed by atoms with Crippen molar-refractivity contribution in [3.05, 3.63) is 76.1 Å². The van der Waals surface area contributed by atoms with Crippen LogP contribution in [-0.2, 0) is 12.5 Å². The molecule has 0 aliphatic rings. The minimum atomic E-state index is -6.18. The molecule has 0 radical (unpaired) electrons. The number of carbonyl (C=O) groups is 3. The number of carbonyl (C=O) groups excluding carboxylic acids is 3. The average molecular weight is 683 g/mol. The van der Waals surface area contributed by atoms with Gasteiger partial charge in [0, 0.05) is 22.4 Å². The standard InChI is InChI=1S/C28H26F8N4O3S2/c1-14-10-16(12-40-19(23(41)27(31,32)33)11-21(39-40)26(29,30)28(34,35)36)8-9-18(14)38-24(42)17-6-5-7-20(45-4)22(17)25(43)37-15(2)13-44-3/h5-11,15H,12-13H2,1-4H3,(H,37,43)(H,38,42)/t15-/m0/s1. The summed E-state index contributed by atoms with van der Waals surface area (Å²) in [5.74, 6) is -8.77. The molecule has 0 saturated heterocycles. The van der Waals surface area contributed by atoms with Crippen molar-refractivity contribution in [1.82, 2.24) is 15.1 Å². The van der Waals surface area contributed by atoms with Gasteiger partial charge in [-0.25, -0.2) is 0 Å². The third-order valence-corrected chi connectivity index (χ3v) is 7.94. The van der Waals surface area contributed by atoms with Gasteiger partial charge < -0.3 is 10.6 Å². The summed E-state index contributed by atoms with van der Waals surface area (Å²) in [5.41, 5.74) is -2.78. The normalized spacial score (nSPS) is 13.0. The van der Waals surface area contributed by atoms with E-state index < -0.39 is 53.8 Å². The Balaban J connectivity index is 1.93. The van der Waals surface area contributed by atoms with Gasteiger partial charge in [0.1, 0.15) is 11.4 Å². The number of nitrogens with one attached hydrogen (secondary N) is 2. The van der Waals surface area contributed by atoms with Crippen LogP contribution in [0.15, 0.2) is 47.4 Å². The molecule has 2 amide bonds. The van der Waals surface area contributed by atoms with Gasteiger partial charge in [-0.05, 0) is 61.8 Å². The first-order chi connectivity index (χ1) is 20.8. The second kappa shape index (κ2) is 13.8. The molecule has 0 bridgehead atoms. The van der Waals surface area contributed by atoms with Gasteiger partial charge in [-0.15, -0.1) is 11.8 Å². The Kier molecular flexibility index (Phi) is 11.0. The number of halogens is 8. The number of nitrogens with zero attached hydrogens (tertiary/aromatic N) is 2. The Morgan fingerprint density at radius 2 is 1.62 bits per heavy atom. The van der Waals surface area contributed by atoms with E-state index in [9.17, 15) is 49.5 Å². The van der Waals surface area contributed by atoms with E-state index in [1.165, 1.54) is 54.7 Å². The predicted octanol–water partition coefficient (Wildman–Crippen LogP) is 7.09. The van der Waals surface area contributed by atoms with Crippen LogP contribution in [0.25, 0.3) is 0 Å². The molecule has 17 heteroatoms. The number of alkyl halides is 8. The van der Waals surface area contributed by atoms with Crippen LogP contribution in [0, 0.1) is 6.92 Å². The average Bonchev–Trinajstić information content (AvgIpc) is 3.36. The zero-order chi connectivity index (χ0) is 33.9. The van der Waals surface area contributed by atoms with E-state index in [4.69, 9.17) is 0 Å². The summed E-state index contributed by atoms with van der Waals surface area (Å²) >= 11 is 2.79. The van der Waals surface area contributed by atoms with Crippen molar-refractivity contribution in [2.45, 2.75) is 49.6 Å². The zero-order valence-electron chi connectivity index (χ0n) is 24.0. The van der Waals surface area contributed by atoms with Gasteiger partial charge in [0.25, 0.3) is 17.6 Å². The fraction of sp³-hybridized carbons (Fsp3) is 0.357. The van der Waals surface area contributed by atoms with Gasteiger partial charge in [0.2, 0.25) is 0 Å². The molecule has 0 unspecified atom stereocenters. The molecule has 2 N–H and O–H groups in total. The number of anilines is 1. The van der Waals surface area contributed by atoms with Crippen molar-refractivity contribution in [3.8, 4) is 0 Å². The van der Waals surface area contributed by atoms with E-state index in [0.717, 1.165) is 0 Å². The molecular formula is C28H26F8N4O3S2. The summed E-state index contributed by atoms with van der Waals surface area (Å²) in [6.07, 6.45) is -8.14. The van der Waals surface area contributed by atoms with Crippen LogP contribution in [0.5, 0.6) is 0 Å². The Hall–Kier alpha value is -3.60. The van der Waals surface area contributed by atoms with Gasteiger partial charge in [0.15, 0.2) is 0 Å². The van der Waals surface area contributed by atoms with Crippen LogP contribution >= 0.6 is 23.5 Å². The van der Waals surface area contributed by atoms with Gasteiger partial charge in [-0.1, -0.05) is 18.2 Å². The predicted molar refractivity (Wildman–Crippen MR) is 154 cm³/mol. The van der Waals surface area contributed by atoms with Gasteiger partial charge in [-0.3, -0.25) is 19.1 Å². The van der Waals surface area contributed by atoms with Crippen molar-refractivity contribution in [2.75, 3.05) is 23.6 Å². The van der Waals surface area contributed by atoms with Gasteiger partial charge in [0.05, 0.1) is 17.7 Å². The van der Waals surface area contributed by atoms with Crippen molar-refractivity contribution >= 4 is 46.8 Å². The number of aryl methyl sites for hydroxylation is 1. The van der Waals surface area contributed by atoms with Crippen LogP contribution in [0.3, 0.4) is 0 Å². The highest BCUT2D eigenvalue weighted by molar-refractivity contribution is 7.98. The molecule has 1 atom stereocenters. The van der Waals surface area contributed by atoms with Crippen molar-refractivity contribution in [1.29, 1.82) is 0 Å². The number of thioether (sulfide) groups is 2. The van der Waals surface area contributed by atoms with E-state index in [1.807, 2.05) is 13.2 Å². The second-order valence-corrected chi connectivity index (χ2v) is 11.5. The van der Waals surface area contributed by atoms with Gasteiger partial charge >= 0.3 is 18.3 Å². The summed E-state index contributed by atoms with van der Waals surface area (Å²) in [6.45, 7) is 2.52. The van der Waals surface area contributed by atoms with Crippen molar-refractivity contribution in [2.24, 2.45) is 0 Å². The van der Waals surface area contributed by atoms with Crippen LogP contribution in [-0.4, -0.2) is 64.0 Å². The maximum Gasteiger partial charge on any atom is 0.459 e. The molecular weight excluding hydrogens is 656 g/mol. The third kappa shape index (κ3) is 8.17. The number of ketones is 1. The first-order valence-electron chi connectivity index (χ1n) is 12.8. The lowest BCUT2D eigenvalue weighted by atomic mass is 10.0. The SMILES string of the molecule is CSC[C@H](C)NC(=O)c1c(SC)cccc1C(=O)Nc1ccc(Cn2nc(C(F)(F)C(F)(F)F)cc2C(=O)C(F)(F)F)cc1C. The van der Waals surface area contributed by atoms with E-state index in [-0.39, 0.29) is 39.2 Å². The fourth-order valence-electron chi connectivity index (χ4n) is 4.20. The maximum atomic E-state index is 13.9. The number of Topliss-reactive ketones (excluding diaryl/α,β-unsaturated/α-hetero) is 1. The summed E-state index contributed by atoms with van der Waals surface area (Å²) in [7, 11) is 0. The number of benzene rings is 2. The number of rotatable bonds is 11. The topological polar surface area (TPSA) is 93.1 Å². The minimum absolute atomic E-state index is 0.0594. The highest BCUT2D eigenvalue weighted by Gasteiger charge is 2.61. The highest BCUT2D eigenvalue weighted by atomic mass is 32.2. The molecule has 0 fully saturated rings. The lowest BCUT2D eigenvalue weighted by Crippen LogP contribution is -2.35. The molecule has 0 aliphatic heterocycles. The third-order valence-electron chi connectivity index (χ3n) is 6.33. The van der Waals surface area contributed by atoms with Crippen LogP contribution in [0.4, 0.5) is 40.8 Å². The van der Waals surface area contributed by atoms with Crippen molar-refractivity contribution < 1.29 is 49.5 Å². The number of hydrogen-bond acceptors (Lipinski definition) is 6. The molecule has 1 heterocycles. The molecule has 7 nitrogen and oxygen atoms in total.